The molecule has 2 bridgehead atoms. The molecular formula is C59H81N3O17Si. The predicted octanol–water partition coefficient (Wildman–Crippen LogP) is 7.70. The minimum absolute atomic E-state index is 0.0721. The number of carbonyl (C=O) groups excluding carboxylic acids is 6. The van der Waals surface area contributed by atoms with Crippen LogP contribution in [0.2, 0.25) is 18.1 Å². The van der Waals surface area contributed by atoms with E-state index in [1.54, 1.807) is 88.9 Å². The number of esters is 3. The Balaban J connectivity index is 1.23. The summed E-state index contributed by atoms with van der Waals surface area (Å²) in [5.41, 5.74) is -8.60. The van der Waals surface area contributed by atoms with E-state index in [9.17, 15) is 19.5 Å². The van der Waals surface area contributed by atoms with Crippen molar-refractivity contribution in [1.82, 2.24) is 14.7 Å². The molecule has 0 spiro atoms. The molecule has 6 fully saturated rings. The zero-order valence-corrected chi connectivity index (χ0v) is 49.0. The van der Waals surface area contributed by atoms with E-state index in [0.29, 0.717) is 57.3 Å². The quantitative estimate of drug-likeness (QED) is 0.0780. The van der Waals surface area contributed by atoms with Crippen molar-refractivity contribution in [1.29, 1.82) is 0 Å². The molecule has 2 saturated carbocycles. The van der Waals surface area contributed by atoms with Crippen molar-refractivity contribution in [2.45, 2.75) is 179 Å². The Labute approximate surface area is 469 Å². The lowest BCUT2D eigenvalue weighted by atomic mass is 9.44. The standard InChI is InChI=1S/C59H81N3O17Si/c1-12-29-72-54(68)62-45(40-22-19-30-71-40)47(78-56(62,9)10)52(66)74-41-34-59(69)50(76-51(65)38-20-17-16-18-21-38)48-57(11,42(79-80(13-2,14-3)15-4)33-43-58(48,35-73-43)77-37(6)63)49(64)46(44(36(41)5)55(59,7)8)75-53(67)61-25-23-39(24-26-61)60-27-31-70-32-28-60/h12,16-22,30,39,41-43,45-48,50,69H,1,13-15,23-29,31-35H2,2-11H3/t41-,42-,43+,45-,46+,47+,48?,50-,57+,58-,59+/m0/s1. The van der Waals surface area contributed by atoms with Crippen LogP contribution in [0.3, 0.4) is 0 Å². The number of amides is 2. The Morgan fingerprint density at radius 2 is 1.56 bits per heavy atom. The summed E-state index contributed by atoms with van der Waals surface area (Å²) in [6, 6.07) is 12.4. The van der Waals surface area contributed by atoms with Gasteiger partial charge in [-0.1, -0.05) is 65.5 Å². The second kappa shape index (κ2) is 22.7. The summed E-state index contributed by atoms with van der Waals surface area (Å²) >= 11 is 0. The molecule has 4 aliphatic heterocycles. The molecule has 9 rings (SSSR count). The van der Waals surface area contributed by atoms with Crippen LogP contribution in [-0.2, 0) is 56.7 Å². The molecule has 2 amide bonds. The molecule has 1 aromatic heterocycles. The number of morpholine rings is 1. The van der Waals surface area contributed by atoms with Gasteiger partial charge in [0.1, 0.15) is 48.0 Å². The molecule has 3 aliphatic carbocycles. The maximum absolute atomic E-state index is 17.1. The lowest BCUT2D eigenvalue weighted by Crippen LogP contribution is -2.82. The molecule has 1 N–H and O–H groups in total. The molecule has 1 unspecified atom stereocenters. The van der Waals surface area contributed by atoms with Crippen molar-refractivity contribution in [2.24, 2.45) is 16.7 Å². The molecule has 7 aliphatic rings. The average molecular weight is 1130 g/mol. The summed E-state index contributed by atoms with van der Waals surface area (Å²) in [4.78, 5) is 95.3. The third-order valence-electron chi connectivity index (χ3n) is 19.1. The summed E-state index contributed by atoms with van der Waals surface area (Å²) < 4.78 is 63.9. The number of furan rings is 1. The fraction of sp³-hybridized carbons (Fsp3) is 0.661. The van der Waals surface area contributed by atoms with Crippen LogP contribution in [0.4, 0.5) is 9.59 Å². The number of fused-ring (bicyclic) bond motifs is 5. The van der Waals surface area contributed by atoms with E-state index >= 15 is 14.4 Å². The van der Waals surface area contributed by atoms with Gasteiger partial charge in [-0.2, -0.15) is 0 Å². The first-order chi connectivity index (χ1) is 38.0. The Morgan fingerprint density at radius 3 is 2.15 bits per heavy atom. The highest BCUT2D eigenvalue weighted by Gasteiger charge is 2.79. The van der Waals surface area contributed by atoms with E-state index < -0.39 is 127 Å². The number of likely N-dealkylation sites (tertiary alicyclic amines) is 1. The summed E-state index contributed by atoms with van der Waals surface area (Å²) in [7, 11) is -2.70. The number of hydrogen-bond acceptors (Lipinski definition) is 18. The number of piperidine rings is 1. The van der Waals surface area contributed by atoms with E-state index in [4.69, 9.17) is 46.7 Å². The van der Waals surface area contributed by atoms with Gasteiger partial charge in [-0.25, -0.2) is 19.2 Å². The van der Waals surface area contributed by atoms with E-state index in [1.165, 1.54) is 24.2 Å². The van der Waals surface area contributed by atoms with E-state index in [1.807, 2.05) is 0 Å². The van der Waals surface area contributed by atoms with Gasteiger partial charge in [0, 0.05) is 57.4 Å². The number of hydrogen-bond donors (Lipinski definition) is 1. The number of benzene rings is 1. The van der Waals surface area contributed by atoms with Gasteiger partial charge < -0.3 is 56.7 Å². The smallest absolute Gasteiger partial charge is 0.413 e. The lowest BCUT2D eigenvalue weighted by Gasteiger charge is -2.68. The largest absolute Gasteiger partial charge is 0.467 e. The number of rotatable bonds is 15. The number of Topliss-reactive ketones (excluding diaryl/α,β-unsaturated/α-hetero) is 1. The normalized spacial score (nSPS) is 33.2. The highest BCUT2D eigenvalue weighted by atomic mass is 28.4. The van der Waals surface area contributed by atoms with Gasteiger partial charge in [0.05, 0.1) is 49.1 Å². The molecule has 0 radical (unpaired) electrons. The maximum Gasteiger partial charge on any atom is 0.413 e. The molecule has 4 saturated heterocycles. The van der Waals surface area contributed by atoms with Crippen LogP contribution in [0.25, 0.3) is 0 Å². The van der Waals surface area contributed by atoms with Crippen LogP contribution >= 0.6 is 0 Å². The fourth-order valence-corrected chi connectivity index (χ4v) is 17.3. The summed E-state index contributed by atoms with van der Waals surface area (Å²) in [6.07, 6.45) is -6.36. The molecule has 2 aromatic rings. The molecular weight excluding hydrogens is 1050 g/mol. The van der Waals surface area contributed by atoms with Gasteiger partial charge >= 0.3 is 30.1 Å². The van der Waals surface area contributed by atoms with Crippen LogP contribution in [-0.4, -0.2) is 176 Å². The summed E-state index contributed by atoms with van der Waals surface area (Å²) in [6.45, 7) is 24.1. The number of carbonyl (C=O) groups is 6. The first-order valence-corrected chi connectivity index (χ1v) is 31.0. The second-order valence-corrected chi connectivity index (χ2v) is 28.6. The van der Waals surface area contributed by atoms with Crippen molar-refractivity contribution in [3.8, 4) is 0 Å². The molecule has 438 valence electrons. The zero-order valence-electron chi connectivity index (χ0n) is 48.0. The second-order valence-electron chi connectivity index (χ2n) is 23.8. The minimum Gasteiger partial charge on any atom is -0.467 e. The van der Waals surface area contributed by atoms with Gasteiger partial charge in [-0.15, -0.1) is 0 Å². The van der Waals surface area contributed by atoms with Crippen molar-refractivity contribution in [2.75, 3.05) is 52.6 Å². The van der Waals surface area contributed by atoms with Gasteiger partial charge in [-0.3, -0.25) is 19.4 Å². The fourth-order valence-electron chi connectivity index (χ4n) is 14.4. The highest BCUT2D eigenvalue weighted by Crippen LogP contribution is 2.65. The summed E-state index contributed by atoms with van der Waals surface area (Å²) in [5.74, 6) is -4.46. The first kappa shape index (κ1) is 59.2. The molecule has 21 heteroatoms. The number of aliphatic hydroxyl groups is 1. The number of nitrogens with zero attached hydrogens (tertiary/aromatic N) is 3. The third kappa shape index (κ3) is 10.1. The average Bonchev–Trinajstić information content (AvgIpc) is 4.17. The Kier molecular flexibility index (Phi) is 16.8. The molecule has 80 heavy (non-hydrogen) atoms. The van der Waals surface area contributed by atoms with E-state index in [-0.39, 0.29) is 48.1 Å². The maximum atomic E-state index is 17.1. The van der Waals surface area contributed by atoms with E-state index in [0.717, 1.165) is 13.1 Å². The SMILES string of the molecule is C=CCOC(=O)N1[C@@H](c2ccco2)[C@H](C(=O)O[C@H]2C[C@@]3(O)[C@@H](OC(=O)c4ccccc4)C4[C@](C)(C(=O)[C@H](OC(=O)N5CCC(N6CCOCC6)CC5)C(=C2C)C3(C)C)[C@@H](O[Si](CC)(CC)CC)C[C@H]2OC[C@@]42OC(C)=O)OC1(C)C. The van der Waals surface area contributed by atoms with Crippen molar-refractivity contribution in [3.05, 3.63) is 83.9 Å². The molecule has 20 nitrogen and oxygen atoms in total. The first-order valence-electron chi connectivity index (χ1n) is 28.5. The monoisotopic (exact) mass is 1130 g/mol. The topological polar surface area (TPSA) is 229 Å². The Bertz CT molecular complexity index is 2670. The third-order valence-corrected chi connectivity index (χ3v) is 23.8. The lowest BCUT2D eigenvalue weighted by molar-refractivity contribution is -0.344. The van der Waals surface area contributed by atoms with Crippen molar-refractivity contribution >= 4 is 44.2 Å². The Morgan fingerprint density at radius 1 is 0.887 bits per heavy atom. The van der Waals surface area contributed by atoms with Crippen LogP contribution in [0, 0.1) is 16.7 Å². The minimum atomic E-state index is -2.70. The van der Waals surface area contributed by atoms with Gasteiger partial charge in [-0.05, 0) is 94.1 Å². The van der Waals surface area contributed by atoms with Crippen LogP contribution in [0.5, 0.6) is 0 Å². The van der Waals surface area contributed by atoms with Crippen LogP contribution in [0.15, 0.2) is 76.9 Å². The summed E-state index contributed by atoms with van der Waals surface area (Å²) in [5, 5.41) is 14.6. The zero-order chi connectivity index (χ0) is 57.7. The van der Waals surface area contributed by atoms with Crippen LogP contribution in [0.1, 0.15) is 117 Å². The van der Waals surface area contributed by atoms with Crippen molar-refractivity contribution in [3.63, 3.8) is 0 Å². The van der Waals surface area contributed by atoms with Crippen molar-refractivity contribution < 1.29 is 80.6 Å². The van der Waals surface area contributed by atoms with Gasteiger partial charge in [0.15, 0.2) is 31.9 Å². The number of ether oxygens (including phenoxy) is 8. The highest BCUT2D eigenvalue weighted by molar-refractivity contribution is 6.73. The number of ketones is 1. The Hall–Kier alpha value is -5.42. The predicted molar refractivity (Wildman–Crippen MR) is 290 cm³/mol. The van der Waals surface area contributed by atoms with Crippen LogP contribution < -0.4 is 0 Å². The molecule has 11 atom stereocenters. The van der Waals surface area contributed by atoms with Gasteiger partial charge in [0.25, 0.3) is 0 Å². The molecule has 5 heterocycles. The molecule has 1 aromatic carbocycles. The van der Waals surface area contributed by atoms with Gasteiger partial charge in [0.2, 0.25) is 0 Å². The van der Waals surface area contributed by atoms with E-state index in [2.05, 4.69) is 32.3 Å².